The number of carboxylic acids is 1. The number of hydrogen-bond acceptors (Lipinski definition) is 2. The van der Waals surface area contributed by atoms with E-state index in [2.05, 4.69) is 5.32 Å². The second-order valence-electron chi connectivity index (χ2n) is 5.06. The first-order valence-corrected chi connectivity index (χ1v) is 5.16. The fourth-order valence-electron chi connectivity index (χ4n) is 1.22. The van der Waals surface area contributed by atoms with Crippen LogP contribution in [0.3, 0.4) is 0 Å². The van der Waals surface area contributed by atoms with Gasteiger partial charge < -0.3 is 15.3 Å². The van der Waals surface area contributed by atoms with Crippen LogP contribution < -0.4 is 5.32 Å². The van der Waals surface area contributed by atoms with Gasteiger partial charge in [0.25, 0.3) is 0 Å². The van der Waals surface area contributed by atoms with Crippen LogP contribution in [0.5, 0.6) is 0 Å². The number of carbonyl (C=O) groups is 2. The van der Waals surface area contributed by atoms with Crippen LogP contribution >= 0.6 is 0 Å². The molecule has 0 aliphatic heterocycles. The Hall–Kier alpha value is -1.47. The van der Waals surface area contributed by atoms with Crippen molar-refractivity contribution in [2.75, 3.05) is 13.6 Å². The van der Waals surface area contributed by atoms with Gasteiger partial charge in [-0.25, -0.2) is 9.59 Å². The molecule has 8 heteroatoms. The van der Waals surface area contributed by atoms with Crippen molar-refractivity contribution in [3.63, 3.8) is 0 Å². The van der Waals surface area contributed by atoms with Crippen molar-refractivity contribution in [2.45, 2.75) is 33.0 Å². The van der Waals surface area contributed by atoms with Crippen LogP contribution in [0, 0.1) is 5.41 Å². The SMILES string of the molecule is CN(CC(F)(F)F)C(=O)N[C@@H](C(=O)O)C(C)(C)C. The number of aliphatic carboxylic acids is 1. The van der Waals surface area contributed by atoms with E-state index in [4.69, 9.17) is 5.11 Å². The Morgan fingerprint density at radius 3 is 2.00 bits per heavy atom. The summed E-state index contributed by atoms with van der Waals surface area (Å²) in [5.41, 5.74) is -0.805. The maximum atomic E-state index is 12.1. The highest BCUT2D eigenvalue weighted by atomic mass is 19.4. The zero-order valence-corrected chi connectivity index (χ0v) is 10.6. The molecule has 0 saturated heterocycles. The molecule has 0 spiro atoms. The summed E-state index contributed by atoms with van der Waals surface area (Å²) in [7, 11) is 0.949. The third kappa shape index (κ3) is 5.74. The summed E-state index contributed by atoms with van der Waals surface area (Å²) in [5.74, 6) is -1.30. The number of carbonyl (C=O) groups excluding carboxylic acids is 1. The molecule has 18 heavy (non-hydrogen) atoms. The van der Waals surface area contributed by atoms with Gasteiger partial charge in [-0.15, -0.1) is 0 Å². The summed E-state index contributed by atoms with van der Waals surface area (Å²) in [6.07, 6.45) is -4.52. The van der Waals surface area contributed by atoms with E-state index in [9.17, 15) is 22.8 Å². The number of urea groups is 1. The Morgan fingerprint density at radius 1 is 1.28 bits per heavy atom. The van der Waals surface area contributed by atoms with Crippen molar-refractivity contribution in [1.82, 2.24) is 10.2 Å². The highest BCUT2D eigenvalue weighted by Crippen LogP contribution is 2.20. The van der Waals surface area contributed by atoms with Gasteiger partial charge in [-0.2, -0.15) is 13.2 Å². The van der Waals surface area contributed by atoms with Gasteiger partial charge in [-0.3, -0.25) is 0 Å². The number of halogens is 3. The predicted octanol–water partition coefficient (Wildman–Crippen LogP) is 1.69. The number of nitrogens with zero attached hydrogens (tertiary/aromatic N) is 1. The van der Waals surface area contributed by atoms with Gasteiger partial charge in [-0.1, -0.05) is 20.8 Å². The number of alkyl halides is 3. The average molecular weight is 270 g/mol. The normalized spacial score (nSPS) is 13.9. The van der Waals surface area contributed by atoms with Crippen molar-refractivity contribution in [1.29, 1.82) is 0 Å². The zero-order valence-electron chi connectivity index (χ0n) is 10.6. The Labute approximate surface area is 103 Å². The summed E-state index contributed by atoms with van der Waals surface area (Å²) >= 11 is 0. The second kappa shape index (κ2) is 5.45. The van der Waals surface area contributed by atoms with Crippen LogP contribution in [0.4, 0.5) is 18.0 Å². The van der Waals surface area contributed by atoms with Crippen molar-refractivity contribution in [3.05, 3.63) is 0 Å². The molecular formula is C10H17F3N2O3. The molecule has 0 fully saturated rings. The van der Waals surface area contributed by atoms with Crippen LogP contribution in [-0.2, 0) is 4.79 Å². The lowest BCUT2D eigenvalue weighted by molar-refractivity contribution is -0.142. The molecular weight excluding hydrogens is 253 g/mol. The summed E-state index contributed by atoms with van der Waals surface area (Å²) in [6.45, 7) is 3.26. The number of hydrogen-bond donors (Lipinski definition) is 2. The predicted molar refractivity (Wildman–Crippen MR) is 58.1 cm³/mol. The number of rotatable bonds is 3. The van der Waals surface area contributed by atoms with E-state index in [1.807, 2.05) is 0 Å². The van der Waals surface area contributed by atoms with Gasteiger partial charge in [0, 0.05) is 7.05 Å². The molecule has 0 aliphatic rings. The van der Waals surface area contributed by atoms with E-state index < -0.39 is 36.2 Å². The molecule has 0 heterocycles. The first-order valence-electron chi connectivity index (χ1n) is 5.16. The largest absolute Gasteiger partial charge is 0.480 e. The quantitative estimate of drug-likeness (QED) is 0.820. The average Bonchev–Trinajstić information content (AvgIpc) is 2.08. The molecule has 0 radical (unpaired) electrons. The smallest absolute Gasteiger partial charge is 0.406 e. The lowest BCUT2D eigenvalue weighted by atomic mass is 9.87. The van der Waals surface area contributed by atoms with E-state index >= 15 is 0 Å². The highest BCUT2D eigenvalue weighted by molar-refractivity contribution is 5.83. The van der Waals surface area contributed by atoms with Gasteiger partial charge in [0.15, 0.2) is 0 Å². The van der Waals surface area contributed by atoms with Crippen LogP contribution in [-0.4, -0.2) is 47.8 Å². The minimum Gasteiger partial charge on any atom is -0.480 e. The molecule has 5 nitrogen and oxygen atoms in total. The molecule has 0 aromatic heterocycles. The topological polar surface area (TPSA) is 69.6 Å². The van der Waals surface area contributed by atoms with Crippen molar-refractivity contribution in [2.24, 2.45) is 5.41 Å². The first kappa shape index (κ1) is 16.5. The van der Waals surface area contributed by atoms with E-state index in [1.54, 1.807) is 20.8 Å². The molecule has 0 saturated carbocycles. The highest BCUT2D eigenvalue weighted by Gasteiger charge is 2.36. The standard InChI is InChI=1S/C10H17F3N2O3/c1-9(2,3)6(7(16)17)14-8(18)15(4)5-10(11,12)13/h6H,5H2,1-4H3,(H,14,18)(H,16,17)/t6-/m0/s1. The molecule has 106 valence electrons. The van der Waals surface area contributed by atoms with E-state index in [1.165, 1.54) is 0 Å². The Kier molecular flexibility index (Phi) is 5.00. The fourth-order valence-corrected chi connectivity index (χ4v) is 1.22. The number of amides is 2. The minimum atomic E-state index is -4.52. The molecule has 1 atom stereocenters. The Bertz CT molecular complexity index is 323. The van der Waals surface area contributed by atoms with E-state index in [-0.39, 0.29) is 0 Å². The first-order chi connectivity index (χ1) is 7.84. The van der Waals surface area contributed by atoms with Gasteiger partial charge in [0.1, 0.15) is 12.6 Å². The second-order valence-corrected chi connectivity index (χ2v) is 5.06. The number of nitrogens with one attached hydrogen (secondary N) is 1. The van der Waals surface area contributed by atoms with Gasteiger partial charge >= 0.3 is 18.2 Å². The minimum absolute atomic E-state index is 0.391. The lowest BCUT2D eigenvalue weighted by Crippen LogP contribution is -2.53. The van der Waals surface area contributed by atoms with Gasteiger partial charge in [0.05, 0.1) is 0 Å². The fraction of sp³-hybridized carbons (Fsp3) is 0.800. The maximum absolute atomic E-state index is 12.1. The molecule has 2 amide bonds. The maximum Gasteiger partial charge on any atom is 0.406 e. The van der Waals surface area contributed by atoms with Crippen LogP contribution in [0.25, 0.3) is 0 Å². The molecule has 0 aromatic carbocycles. The van der Waals surface area contributed by atoms with Gasteiger partial charge in [0.2, 0.25) is 0 Å². The van der Waals surface area contributed by atoms with Crippen LogP contribution in [0.15, 0.2) is 0 Å². The monoisotopic (exact) mass is 270 g/mol. The van der Waals surface area contributed by atoms with Gasteiger partial charge in [-0.05, 0) is 5.41 Å². The number of carboxylic acid groups (broad SMARTS) is 1. The molecule has 0 aromatic rings. The Balaban J connectivity index is 4.67. The molecule has 0 aliphatic carbocycles. The zero-order chi connectivity index (χ0) is 14.7. The van der Waals surface area contributed by atoms with Crippen LogP contribution in [0.2, 0.25) is 0 Å². The third-order valence-electron chi connectivity index (χ3n) is 2.14. The summed E-state index contributed by atoms with van der Waals surface area (Å²) < 4.78 is 36.2. The Morgan fingerprint density at radius 2 is 1.72 bits per heavy atom. The van der Waals surface area contributed by atoms with Crippen molar-refractivity contribution < 1.29 is 27.9 Å². The van der Waals surface area contributed by atoms with Crippen molar-refractivity contribution >= 4 is 12.0 Å². The third-order valence-corrected chi connectivity index (χ3v) is 2.14. The summed E-state index contributed by atoms with van der Waals surface area (Å²) in [6, 6.07) is -2.34. The van der Waals surface area contributed by atoms with E-state index in [0.717, 1.165) is 7.05 Å². The van der Waals surface area contributed by atoms with Crippen molar-refractivity contribution in [3.8, 4) is 0 Å². The van der Waals surface area contributed by atoms with E-state index in [0.29, 0.717) is 4.90 Å². The summed E-state index contributed by atoms with van der Waals surface area (Å²) in [5, 5.41) is 11.0. The molecule has 2 N–H and O–H groups in total. The molecule has 0 unspecified atom stereocenters. The lowest BCUT2D eigenvalue weighted by Gasteiger charge is -2.30. The summed E-state index contributed by atoms with van der Waals surface area (Å²) in [4.78, 5) is 22.8. The molecule has 0 bridgehead atoms. The van der Waals surface area contributed by atoms with Crippen LogP contribution in [0.1, 0.15) is 20.8 Å². The molecule has 0 rings (SSSR count).